The zero-order valence-corrected chi connectivity index (χ0v) is 14.1. The molecule has 1 aliphatic heterocycles. The SMILES string of the molecule is N#CCCn1cc(/C=C2\C(=O)NN=C2c2cccs2)c2ccccc21. The molecule has 3 aromatic rings. The van der Waals surface area contributed by atoms with E-state index in [1.165, 1.54) is 0 Å². The topological polar surface area (TPSA) is 70.2 Å². The summed E-state index contributed by atoms with van der Waals surface area (Å²) in [4.78, 5) is 13.2. The lowest BCUT2D eigenvalue weighted by Gasteiger charge is -2.00. The van der Waals surface area contributed by atoms with Gasteiger partial charge in [0.1, 0.15) is 5.71 Å². The summed E-state index contributed by atoms with van der Waals surface area (Å²) in [5.41, 5.74) is 5.79. The molecule has 0 aliphatic carbocycles. The number of aromatic nitrogens is 1. The molecule has 6 heteroatoms. The molecule has 0 spiro atoms. The number of thiophene rings is 1. The van der Waals surface area contributed by atoms with Gasteiger partial charge in [0.05, 0.1) is 22.9 Å². The number of nitrogens with one attached hydrogen (secondary N) is 1. The number of hydrogen-bond donors (Lipinski definition) is 1. The van der Waals surface area contributed by atoms with Crippen molar-refractivity contribution in [2.45, 2.75) is 13.0 Å². The number of hydrazone groups is 1. The summed E-state index contributed by atoms with van der Waals surface area (Å²) in [7, 11) is 0. The molecule has 0 atom stereocenters. The number of carbonyl (C=O) groups is 1. The summed E-state index contributed by atoms with van der Waals surface area (Å²) in [6, 6.07) is 14.1. The number of carbonyl (C=O) groups excluding carboxylic acids is 1. The van der Waals surface area contributed by atoms with Crippen LogP contribution in [0.15, 0.2) is 58.6 Å². The Bertz CT molecular complexity index is 1050. The third-order valence-corrected chi connectivity index (χ3v) is 4.98. The van der Waals surface area contributed by atoms with Gasteiger partial charge in [-0.05, 0) is 23.6 Å². The lowest BCUT2D eigenvalue weighted by atomic mass is 10.1. The van der Waals surface area contributed by atoms with Crippen LogP contribution in [0.3, 0.4) is 0 Å². The Morgan fingerprint density at radius 2 is 2.16 bits per heavy atom. The van der Waals surface area contributed by atoms with Gasteiger partial charge in [0.25, 0.3) is 5.91 Å². The van der Waals surface area contributed by atoms with E-state index < -0.39 is 0 Å². The van der Waals surface area contributed by atoms with Crippen LogP contribution in [0.4, 0.5) is 0 Å². The summed E-state index contributed by atoms with van der Waals surface area (Å²) >= 11 is 1.55. The summed E-state index contributed by atoms with van der Waals surface area (Å²) in [6.07, 6.45) is 4.32. The minimum Gasteiger partial charge on any atom is -0.346 e. The fraction of sp³-hybridized carbons (Fsp3) is 0.105. The number of fused-ring (bicyclic) bond motifs is 1. The van der Waals surface area contributed by atoms with E-state index in [0.29, 0.717) is 24.3 Å². The van der Waals surface area contributed by atoms with Crippen LogP contribution in [-0.2, 0) is 11.3 Å². The van der Waals surface area contributed by atoms with Gasteiger partial charge in [-0.25, -0.2) is 5.43 Å². The van der Waals surface area contributed by atoms with E-state index in [1.54, 1.807) is 11.3 Å². The lowest BCUT2D eigenvalue weighted by Crippen LogP contribution is -2.13. The highest BCUT2D eigenvalue weighted by Crippen LogP contribution is 2.27. The number of rotatable bonds is 4. The highest BCUT2D eigenvalue weighted by molar-refractivity contribution is 7.12. The van der Waals surface area contributed by atoms with Crippen LogP contribution in [0.1, 0.15) is 16.9 Å². The van der Waals surface area contributed by atoms with Crippen molar-refractivity contribution in [3.05, 3.63) is 64.0 Å². The smallest absolute Gasteiger partial charge is 0.273 e. The normalized spacial score (nSPS) is 15.4. The van der Waals surface area contributed by atoms with Gasteiger partial charge in [0, 0.05) is 29.2 Å². The maximum absolute atomic E-state index is 12.3. The number of benzene rings is 1. The minimum atomic E-state index is -0.197. The molecule has 0 radical (unpaired) electrons. The molecule has 1 amide bonds. The number of nitrogens with zero attached hydrogens (tertiary/aromatic N) is 3. The van der Waals surface area contributed by atoms with Crippen molar-refractivity contribution in [3.8, 4) is 6.07 Å². The molecule has 4 rings (SSSR count). The maximum Gasteiger partial charge on any atom is 0.273 e. The molecule has 0 saturated carbocycles. The van der Waals surface area contributed by atoms with Gasteiger partial charge in [0.15, 0.2) is 0 Å². The standard InChI is InChI=1S/C19H14N4OS/c20-8-4-9-23-12-13(14-5-1-2-6-16(14)23)11-15-18(21-22-19(15)24)17-7-3-10-25-17/h1-3,5-7,10-12H,4,9H2,(H,22,24)/b15-11-. The Kier molecular flexibility index (Phi) is 3.92. The largest absolute Gasteiger partial charge is 0.346 e. The molecule has 0 unspecified atom stereocenters. The van der Waals surface area contributed by atoms with Crippen molar-refractivity contribution in [1.29, 1.82) is 5.26 Å². The van der Waals surface area contributed by atoms with Crippen LogP contribution < -0.4 is 5.43 Å². The minimum absolute atomic E-state index is 0.197. The third kappa shape index (κ3) is 2.75. The van der Waals surface area contributed by atoms with Crippen molar-refractivity contribution in [1.82, 2.24) is 9.99 Å². The molecule has 0 bridgehead atoms. The fourth-order valence-corrected chi connectivity index (χ4v) is 3.70. The van der Waals surface area contributed by atoms with Crippen LogP contribution in [0, 0.1) is 11.3 Å². The summed E-state index contributed by atoms with van der Waals surface area (Å²) in [5.74, 6) is -0.197. The molecular formula is C19H14N4OS. The van der Waals surface area contributed by atoms with E-state index in [1.807, 2.05) is 54.1 Å². The van der Waals surface area contributed by atoms with Crippen molar-refractivity contribution < 1.29 is 4.79 Å². The maximum atomic E-state index is 12.3. The lowest BCUT2D eigenvalue weighted by molar-refractivity contribution is -0.116. The molecular weight excluding hydrogens is 332 g/mol. The molecule has 122 valence electrons. The van der Waals surface area contributed by atoms with Gasteiger partial charge < -0.3 is 4.57 Å². The Morgan fingerprint density at radius 3 is 2.96 bits per heavy atom. The van der Waals surface area contributed by atoms with Crippen LogP contribution in [0.2, 0.25) is 0 Å². The molecule has 0 saturated heterocycles. The fourth-order valence-electron chi connectivity index (χ4n) is 2.97. The van der Waals surface area contributed by atoms with Crippen LogP contribution in [0.25, 0.3) is 17.0 Å². The highest BCUT2D eigenvalue weighted by atomic mass is 32.1. The molecule has 1 N–H and O–H groups in total. The summed E-state index contributed by atoms with van der Waals surface area (Å²) < 4.78 is 2.06. The third-order valence-electron chi connectivity index (χ3n) is 4.11. The monoisotopic (exact) mass is 346 g/mol. The second kappa shape index (κ2) is 6.38. The quantitative estimate of drug-likeness (QED) is 0.734. The Labute approximate surface area is 148 Å². The first-order valence-corrected chi connectivity index (χ1v) is 8.74. The number of nitriles is 1. The van der Waals surface area contributed by atoms with Crippen LogP contribution in [0.5, 0.6) is 0 Å². The average molecular weight is 346 g/mol. The van der Waals surface area contributed by atoms with E-state index in [0.717, 1.165) is 21.3 Å². The number of hydrogen-bond acceptors (Lipinski definition) is 4. The average Bonchev–Trinajstić information content (AvgIpc) is 3.35. The second-order valence-electron chi connectivity index (χ2n) is 5.64. The van der Waals surface area contributed by atoms with Gasteiger partial charge in [-0.2, -0.15) is 10.4 Å². The summed E-state index contributed by atoms with van der Waals surface area (Å²) in [6.45, 7) is 0.623. The predicted octanol–water partition coefficient (Wildman–Crippen LogP) is 3.53. The van der Waals surface area contributed by atoms with Crippen molar-refractivity contribution >= 4 is 39.9 Å². The van der Waals surface area contributed by atoms with Gasteiger partial charge in [-0.1, -0.05) is 24.3 Å². The second-order valence-corrected chi connectivity index (χ2v) is 6.59. The van der Waals surface area contributed by atoms with Gasteiger partial charge in [0.2, 0.25) is 0 Å². The predicted molar refractivity (Wildman–Crippen MR) is 99.1 cm³/mol. The first-order valence-electron chi connectivity index (χ1n) is 7.87. The molecule has 0 fully saturated rings. The van der Waals surface area contributed by atoms with Crippen molar-refractivity contribution in [2.24, 2.45) is 5.10 Å². The zero-order chi connectivity index (χ0) is 17.2. The molecule has 25 heavy (non-hydrogen) atoms. The highest BCUT2D eigenvalue weighted by Gasteiger charge is 2.25. The van der Waals surface area contributed by atoms with E-state index in [9.17, 15) is 4.79 Å². The van der Waals surface area contributed by atoms with Crippen LogP contribution in [-0.4, -0.2) is 16.2 Å². The van der Waals surface area contributed by atoms with Gasteiger partial charge in [-0.3, -0.25) is 4.79 Å². The molecule has 1 aromatic carbocycles. The first kappa shape index (κ1) is 15.4. The Balaban J connectivity index is 1.82. The Morgan fingerprint density at radius 1 is 1.28 bits per heavy atom. The van der Waals surface area contributed by atoms with E-state index in [4.69, 9.17) is 5.26 Å². The number of para-hydroxylation sites is 1. The number of aryl methyl sites for hydroxylation is 1. The molecule has 3 heterocycles. The van der Waals surface area contributed by atoms with E-state index in [2.05, 4.69) is 21.2 Å². The summed E-state index contributed by atoms with van der Waals surface area (Å²) in [5, 5.41) is 16.1. The van der Waals surface area contributed by atoms with E-state index >= 15 is 0 Å². The van der Waals surface area contributed by atoms with Gasteiger partial charge in [-0.15, -0.1) is 11.3 Å². The first-order chi connectivity index (χ1) is 12.3. The van der Waals surface area contributed by atoms with Crippen LogP contribution >= 0.6 is 11.3 Å². The zero-order valence-electron chi connectivity index (χ0n) is 13.3. The van der Waals surface area contributed by atoms with Crippen molar-refractivity contribution in [2.75, 3.05) is 0 Å². The molecule has 5 nitrogen and oxygen atoms in total. The number of amides is 1. The molecule has 1 aliphatic rings. The van der Waals surface area contributed by atoms with Gasteiger partial charge >= 0.3 is 0 Å². The van der Waals surface area contributed by atoms with E-state index in [-0.39, 0.29) is 5.91 Å². The van der Waals surface area contributed by atoms with Crippen molar-refractivity contribution in [3.63, 3.8) is 0 Å². The molecule has 2 aromatic heterocycles. The Hall–Kier alpha value is -3.17.